The first-order valence-electron chi connectivity index (χ1n) is 8.73. The Hall–Kier alpha value is -2.29. The maximum absolute atomic E-state index is 10.7. The van der Waals surface area contributed by atoms with Gasteiger partial charge in [-0.1, -0.05) is 31.2 Å². The van der Waals surface area contributed by atoms with Crippen LogP contribution in [-0.2, 0) is 10.2 Å². The third-order valence-corrected chi connectivity index (χ3v) is 5.25. The summed E-state index contributed by atoms with van der Waals surface area (Å²) in [6, 6.07) is 6.54. The van der Waals surface area contributed by atoms with Gasteiger partial charge in [0.05, 0.1) is 0 Å². The fourth-order valence-corrected chi connectivity index (χ4v) is 3.72. The molecule has 1 N–H and O–H groups in total. The first-order valence-corrected chi connectivity index (χ1v) is 8.73. The van der Waals surface area contributed by atoms with Crippen LogP contribution < -0.4 is 4.74 Å². The lowest BCUT2D eigenvalue weighted by atomic mass is 9.90. The second-order valence-corrected chi connectivity index (χ2v) is 8.06. The van der Waals surface area contributed by atoms with E-state index < -0.39 is 5.97 Å². The second kappa shape index (κ2) is 5.91. The van der Waals surface area contributed by atoms with E-state index in [9.17, 15) is 4.79 Å². The molecule has 1 fully saturated rings. The molecule has 1 heterocycles. The van der Waals surface area contributed by atoms with Gasteiger partial charge in [-0.15, -0.1) is 0 Å². The summed E-state index contributed by atoms with van der Waals surface area (Å²) in [4.78, 5) is 10.7. The van der Waals surface area contributed by atoms with Crippen LogP contribution in [0.4, 0.5) is 0 Å². The highest BCUT2D eigenvalue weighted by Crippen LogP contribution is 2.56. The van der Waals surface area contributed by atoms with Crippen molar-refractivity contribution in [2.75, 3.05) is 0 Å². The van der Waals surface area contributed by atoms with Gasteiger partial charge in [0.2, 0.25) is 0 Å². The minimum atomic E-state index is -0.904. The van der Waals surface area contributed by atoms with Crippen molar-refractivity contribution < 1.29 is 14.6 Å². The van der Waals surface area contributed by atoms with Crippen LogP contribution in [0.2, 0.25) is 0 Å². The zero-order chi connectivity index (χ0) is 18.4. The summed E-state index contributed by atoms with van der Waals surface area (Å²) < 4.78 is 6.16. The minimum Gasteiger partial charge on any atom is -0.483 e. The molecule has 2 aliphatic rings. The lowest BCUT2D eigenvalue weighted by molar-refractivity contribution is -0.131. The highest BCUT2D eigenvalue weighted by molar-refractivity contribution is 5.81. The number of ether oxygens (including phenoxy) is 1. The van der Waals surface area contributed by atoms with Gasteiger partial charge in [-0.25, -0.2) is 4.79 Å². The van der Waals surface area contributed by atoms with Crippen molar-refractivity contribution in [2.45, 2.75) is 52.1 Å². The van der Waals surface area contributed by atoms with E-state index in [1.54, 1.807) is 0 Å². The van der Waals surface area contributed by atoms with Gasteiger partial charge >= 0.3 is 5.97 Å². The maximum atomic E-state index is 10.7. The average Bonchev–Trinajstić information content (AvgIpc) is 3.15. The molecule has 1 aliphatic heterocycles. The number of carbonyl (C=O) groups is 1. The first kappa shape index (κ1) is 17.5. The molecule has 1 aromatic carbocycles. The summed E-state index contributed by atoms with van der Waals surface area (Å²) >= 11 is 0. The van der Waals surface area contributed by atoms with Crippen LogP contribution in [0.5, 0.6) is 5.75 Å². The van der Waals surface area contributed by atoms with Crippen LogP contribution in [0.3, 0.4) is 0 Å². The van der Waals surface area contributed by atoms with E-state index in [-0.39, 0.29) is 11.0 Å². The van der Waals surface area contributed by atoms with E-state index in [0.29, 0.717) is 5.92 Å². The zero-order valence-electron chi connectivity index (χ0n) is 15.6. The topological polar surface area (TPSA) is 46.5 Å². The highest BCUT2D eigenvalue weighted by atomic mass is 16.5. The summed E-state index contributed by atoms with van der Waals surface area (Å²) in [7, 11) is 0. The number of fused-ring (bicyclic) bond motifs is 1. The molecule has 1 unspecified atom stereocenters. The second-order valence-electron chi connectivity index (χ2n) is 8.06. The van der Waals surface area contributed by atoms with E-state index in [4.69, 9.17) is 9.84 Å². The monoisotopic (exact) mass is 338 g/mol. The molecule has 3 rings (SSSR count). The first-order chi connectivity index (χ1) is 11.6. The quantitative estimate of drug-likeness (QED) is 0.612. The van der Waals surface area contributed by atoms with E-state index in [1.165, 1.54) is 22.8 Å². The Bertz CT molecular complexity index is 811. The van der Waals surface area contributed by atoms with Gasteiger partial charge in [0.1, 0.15) is 11.4 Å². The molecule has 1 aromatic rings. The van der Waals surface area contributed by atoms with Crippen LogP contribution in [0.15, 0.2) is 48.1 Å². The van der Waals surface area contributed by atoms with Gasteiger partial charge in [-0.2, -0.15) is 0 Å². The van der Waals surface area contributed by atoms with Crippen molar-refractivity contribution in [1.82, 2.24) is 0 Å². The largest absolute Gasteiger partial charge is 0.483 e. The van der Waals surface area contributed by atoms with Crippen LogP contribution in [0, 0.1) is 5.92 Å². The number of carboxylic acid groups (broad SMARTS) is 1. The van der Waals surface area contributed by atoms with Gasteiger partial charge in [-0.05, 0) is 74.3 Å². The van der Waals surface area contributed by atoms with Crippen molar-refractivity contribution in [1.29, 1.82) is 0 Å². The molecule has 0 bridgehead atoms. The molecule has 0 saturated heterocycles. The number of allylic oxidation sites excluding steroid dienone is 4. The Labute approximate surface area is 149 Å². The van der Waals surface area contributed by atoms with Gasteiger partial charge in [0.15, 0.2) is 0 Å². The van der Waals surface area contributed by atoms with Crippen LogP contribution in [-0.4, -0.2) is 16.7 Å². The molecule has 1 aliphatic carbocycles. The Morgan fingerprint density at radius 2 is 2.04 bits per heavy atom. The molecule has 0 spiro atoms. The van der Waals surface area contributed by atoms with Gasteiger partial charge in [0, 0.05) is 11.6 Å². The minimum absolute atomic E-state index is 0.0948. The molecule has 132 valence electrons. The lowest BCUT2D eigenvalue weighted by Crippen LogP contribution is -2.28. The molecule has 0 aromatic heterocycles. The van der Waals surface area contributed by atoms with E-state index in [2.05, 4.69) is 58.0 Å². The van der Waals surface area contributed by atoms with E-state index >= 15 is 0 Å². The summed E-state index contributed by atoms with van der Waals surface area (Å²) in [5.74, 6) is 0.481. The van der Waals surface area contributed by atoms with Gasteiger partial charge < -0.3 is 9.84 Å². The van der Waals surface area contributed by atoms with Crippen molar-refractivity contribution >= 4 is 11.5 Å². The fourth-order valence-electron chi connectivity index (χ4n) is 3.72. The summed E-state index contributed by atoms with van der Waals surface area (Å²) in [5.41, 5.74) is 4.28. The Balaban J connectivity index is 1.82. The third kappa shape index (κ3) is 3.55. The number of benzene rings is 1. The van der Waals surface area contributed by atoms with Crippen LogP contribution in [0.25, 0.3) is 5.57 Å². The summed E-state index contributed by atoms with van der Waals surface area (Å²) in [6.45, 7) is 10.4. The molecule has 0 amide bonds. The molecule has 3 heteroatoms. The molecule has 2 atom stereocenters. The van der Waals surface area contributed by atoms with E-state index in [1.807, 2.05) is 13.0 Å². The van der Waals surface area contributed by atoms with Gasteiger partial charge in [-0.3, -0.25) is 0 Å². The average molecular weight is 338 g/mol. The number of aliphatic carboxylic acids is 1. The van der Waals surface area contributed by atoms with Crippen LogP contribution in [0.1, 0.15) is 52.2 Å². The number of hydrogen-bond acceptors (Lipinski definition) is 2. The van der Waals surface area contributed by atoms with Crippen LogP contribution >= 0.6 is 0 Å². The lowest BCUT2D eigenvalue weighted by Gasteiger charge is -2.31. The standard InChI is InChI=1S/C22H26O3/c1-14(10-20(23)24)6-7-17-13-22(17,5)16-8-9-18-15(2)12-21(3,4)25-19(18)11-16/h6-12,17H,13H2,1-5H3,(H,23,24)/t17?,22-/m0/s1. The molecular weight excluding hydrogens is 312 g/mol. The van der Waals surface area contributed by atoms with Crippen molar-refractivity contribution in [3.05, 3.63) is 59.2 Å². The smallest absolute Gasteiger partial charge is 0.328 e. The Morgan fingerprint density at radius 3 is 2.72 bits per heavy atom. The Kier molecular flexibility index (Phi) is 4.14. The normalized spacial score (nSPS) is 27.5. The van der Waals surface area contributed by atoms with Crippen molar-refractivity contribution in [3.63, 3.8) is 0 Å². The van der Waals surface area contributed by atoms with Crippen molar-refractivity contribution in [3.8, 4) is 5.75 Å². The zero-order valence-corrected chi connectivity index (χ0v) is 15.6. The maximum Gasteiger partial charge on any atom is 0.328 e. The number of hydrogen-bond donors (Lipinski definition) is 1. The molecular formula is C22H26O3. The SMILES string of the molecule is CC(C=CC1C[C@@]1(C)c1ccc2c(c1)OC(C)(C)C=C2C)=CC(=O)O. The van der Waals surface area contributed by atoms with Gasteiger partial charge in [0.25, 0.3) is 0 Å². The molecule has 25 heavy (non-hydrogen) atoms. The highest BCUT2D eigenvalue weighted by Gasteiger charge is 2.49. The predicted molar refractivity (Wildman–Crippen MR) is 101 cm³/mol. The third-order valence-electron chi connectivity index (χ3n) is 5.25. The number of carboxylic acids is 1. The fraction of sp³-hybridized carbons (Fsp3) is 0.409. The number of rotatable bonds is 4. The van der Waals surface area contributed by atoms with E-state index in [0.717, 1.165) is 17.7 Å². The Morgan fingerprint density at radius 1 is 1.32 bits per heavy atom. The predicted octanol–water partition coefficient (Wildman–Crippen LogP) is 5.13. The summed E-state index contributed by atoms with van der Waals surface area (Å²) in [5, 5.41) is 8.79. The van der Waals surface area contributed by atoms with Crippen molar-refractivity contribution in [2.24, 2.45) is 5.92 Å². The molecule has 1 saturated carbocycles. The summed E-state index contributed by atoms with van der Waals surface area (Å²) in [6.07, 6.45) is 8.51. The molecule has 3 nitrogen and oxygen atoms in total. The molecule has 0 radical (unpaired) electrons.